The van der Waals surface area contributed by atoms with Crippen molar-refractivity contribution in [2.24, 2.45) is 7.05 Å². The second-order valence-electron chi connectivity index (χ2n) is 9.40. The van der Waals surface area contributed by atoms with E-state index in [2.05, 4.69) is 20.4 Å². The number of anilines is 1. The van der Waals surface area contributed by atoms with Crippen LogP contribution in [0.15, 0.2) is 41.3 Å². The number of halogens is 1. The Morgan fingerprint density at radius 2 is 2.00 bits per heavy atom. The van der Waals surface area contributed by atoms with Gasteiger partial charge in [0.25, 0.3) is 5.56 Å². The molecular formula is C24H26FN5O2. The van der Waals surface area contributed by atoms with Crippen molar-refractivity contribution in [3.05, 3.63) is 46.9 Å². The zero-order chi connectivity index (χ0) is 22.0. The third-order valence-corrected chi connectivity index (χ3v) is 7.24. The number of benzene rings is 1. The minimum Gasteiger partial charge on any atom is -0.507 e. The van der Waals surface area contributed by atoms with E-state index in [-0.39, 0.29) is 23.4 Å². The van der Waals surface area contributed by atoms with E-state index in [1.807, 2.05) is 6.07 Å². The number of nitrogens with zero attached hydrogens (tertiary/aromatic N) is 4. The zero-order valence-corrected chi connectivity index (χ0v) is 17.9. The summed E-state index contributed by atoms with van der Waals surface area (Å²) in [6, 6.07) is 9.15. The van der Waals surface area contributed by atoms with Gasteiger partial charge in [-0.2, -0.15) is 0 Å². The number of hydrogen-bond donors (Lipinski definition) is 2. The molecule has 1 aliphatic carbocycles. The number of alkyl halides is 1. The summed E-state index contributed by atoms with van der Waals surface area (Å²) in [6.07, 6.45) is 5.56. The number of nitrogens with one attached hydrogen (secondary N) is 1. The van der Waals surface area contributed by atoms with Gasteiger partial charge in [-0.15, -0.1) is 10.2 Å². The van der Waals surface area contributed by atoms with Crippen molar-refractivity contribution in [2.45, 2.75) is 62.4 Å². The molecule has 4 atom stereocenters. The van der Waals surface area contributed by atoms with Crippen molar-refractivity contribution in [1.82, 2.24) is 20.1 Å². The van der Waals surface area contributed by atoms with Crippen molar-refractivity contribution in [3.8, 4) is 17.0 Å². The second-order valence-corrected chi connectivity index (χ2v) is 9.40. The average molecular weight is 436 g/mol. The number of phenols is 1. The highest BCUT2D eigenvalue weighted by Gasteiger charge is 2.48. The van der Waals surface area contributed by atoms with Gasteiger partial charge in [0.1, 0.15) is 11.9 Å². The molecule has 3 aliphatic rings. The van der Waals surface area contributed by atoms with Crippen molar-refractivity contribution in [1.29, 1.82) is 0 Å². The summed E-state index contributed by atoms with van der Waals surface area (Å²) in [6.45, 7) is 0. The van der Waals surface area contributed by atoms with Crippen molar-refractivity contribution in [2.75, 3.05) is 4.90 Å². The Bertz CT molecular complexity index is 1240. The number of aromatic hydroxyl groups is 1. The summed E-state index contributed by atoms with van der Waals surface area (Å²) in [5.74, 6) is 0.729. The van der Waals surface area contributed by atoms with Crippen molar-refractivity contribution >= 4 is 16.6 Å². The maximum Gasteiger partial charge on any atom is 0.258 e. The van der Waals surface area contributed by atoms with Crippen LogP contribution in [0.2, 0.25) is 0 Å². The smallest absolute Gasteiger partial charge is 0.258 e. The molecule has 3 aromatic rings. The number of rotatable bonds is 4. The monoisotopic (exact) mass is 435 g/mol. The van der Waals surface area contributed by atoms with E-state index in [1.54, 1.807) is 37.5 Å². The van der Waals surface area contributed by atoms with Gasteiger partial charge in [-0.3, -0.25) is 4.79 Å². The molecular weight excluding hydrogens is 409 g/mol. The van der Waals surface area contributed by atoms with E-state index in [9.17, 15) is 9.90 Å². The van der Waals surface area contributed by atoms with E-state index in [0.717, 1.165) is 32.1 Å². The Balaban J connectivity index is 1.35. The molecule has 2 aromatic heterocycles. The quantitative estimate of drug-likeness (QED) is 0.656. The molecule has 2 bridgehead atoms. The molecule has 7 nitrogen and oxygen atoms in total. The van der Waals surface area contributed by atoms with Gasteiger partial charge in [-0.1, -0.05) is 0 Å². The fourth-order valence-corrected chi connectivity index (χ4v) is 5.41. The second kappa shape index (κ2) is 7.27. The third kappa shape index (κ3) is 3.16. The van der Waals surface area contributed by atoms with Crippen LogP contribution in [0.3, 0.4) is 0 Å². The number of fused-ring (bicyclic) bond motifs is 3. The lowest BCUT2D eigenvalue weighted by Gasteiger charge is -2.41. The predicted molar refractivity (Wildman–Crippen MR) is 121 cm³/mol. The summed E-state index contributed by atoms with van der Waals surface area (Å²) in [5, 5.41) is 24.0. The molecule has 0 amide bonds. The lowest BCUT2D eigenvalue weighted by molar-refractivity contribution is 0.171. The van der Waals surface area contributed by atoms with E-state index in [4.69, 9.17) is 0 Å². The number of pyridine rings is 1. The molecule has 1 aromatic carbocycles. The summed E-state index contributed by atoms with van der Waals surface area (Å²) >= 11 is 0. The van der Waals surface area contributed by atoms with Crippen LogP contribution < -0.4 is 15.8 Å². The number of aromatic nitrogens is 3. The number of aryl methyl sites for hydroxylation is 1. The molecule has 32 heavy (non-hydrogen) atoms. The van der Waals surface area contributed by atoms with Gasteiger partial charge in [0.2, 0.25) is 0 Å². The first-order valence-electron chi connectivity index (χ1n) is 11.3. The van der Waals surface area contributed by atoms with Crippen LogP contribution in [0, 0.1) is 0 Å². The van der Waals surface area contributed by atoms with E-state index < -0.39 is 6.17 Å². The molecule has 6 rings (SSSR count). The van der Waals surface area contributed by atoms with Gasteiger partial charge in [-0.05, 0) is 67.8 Å². The van der Waals surface area contributed by atoms with E-state index >= 15 is 4.39 Å². The molecule has 2 saturated heterocycles. The number of piperidine rings is 1. The molecule has 3 fully saturated rings. The van der Waals surface area contributed by atoms with Gasteiger partial charge in [0.05, 0.1) is 11.7 Å². The lowest BCUT2D eigenvalue weighted by atomic mass is 9.95. The molecule has 166 valence electrons. The van der Waals surface area contributed by atoms with Crippen LogP contribution in [0.25, 0.3) is 22.0 Å². The van der Waals surface area contributed by atoms with Crippen LogP contribution in [0.1, 0.15) is 32.1 Å². The Labute approximate surface area is 184 Å². The average Bonchev–Trinajstić information content (AvgIpc) is 3.54. The summed E-state index contributed by atoms with van der Waals surface area (Å²) in [4.78, 5) is 14.7. The topological polar surface area (TPSA) is 83.3 Å². The molecule has 4 heterocycles. The molecule has 2 N–H and O–H groups in total. The Kier molecular flexibility index (Phi) is 4.47. The van der Waals surface area contributed by atoms with Crippen LogP contribution in [0.4, 0.5) is 10.2 Å². The van der Waals surface area contributed by atoms with Gasteiger partial charge in [-0.25, -0.2) is 4.39 Å². The maximum absolute atomic E-state index is 15.3. The number of phenolic OH excluding ortho intramolecular Hbond substituents is 1. The SMILES string of the molecule is Cn1ccc2cc(O)c(-c3ccc(N(C4CC4)C4CC5CCC(N5)C4F)nn3)cc2c1=O. The highest BCUT2D eigenvalue weighted by atomic mass is 19.1. The lowest BCUT2D eigenvalue weighted by Crippen LogP contribution is -2.57. The third-order valence-electron chi connectivity index (χ3n) is 7.24. The standard InChI is InChI=1S/C24H26FN5O2/c1-29-9-8-13-10-21(31)17(12-16(13)24(29)32)18-6-7-22(28-27-18)30(15-3-4-15)20-11-14-2-5-19(26-14)23(20)25/h6-10,12,14-15,19-20,23,26,31H,2-5,11H2,1H3. The zero-order valence-electron chi connectivity index (χ0n) is 17.9. The minimum absolute atomic E-state index is 0.0469. The summed E-state index contributed by atoms with van der Waals surface area (Å²) < 4.78 is 16.8. The number of hydrogen-bond acceptors (Lipinski definition) is 6. The van der Waals surface area contributed by atoms with Gasteiger partial charge in [0.15, 0.2) is 5.82 Å². The molecule has 4 unspecified atom stereocenters. The van der Waals surface area contributed by atoms with E-state index in [1.165, 1.54) is 4.57 Å². The first-order chi connectivity index (χ1) is 15.5. The Hall–Kier alpha value is -3.00. The Morgan fingerprint density at radius 3 is 2.75 bits per heavy atom. The van der Waals surface area contributed by atoms with Crippen LogP contribution in [-0.4, -0.2) is 50.2 Å². The van der Waals surface area contributed by atoms with Crippen LogP contribution >= 0.6 is 0 Å². The maximum atomic E-state index is 15.3. The van der Waals surface area contributed by atoms with Crippen molar-refractivity contribution < 1.29 is 9.50 Å². The predicted octanol–water partition coefficient (Wildman–Crippen LogP) is 2.90. The van der Waals surface area contributed by atoms with Crippen LogP contribution in [-0.2, 0) is 7.05 Å². The molecule has 8 heteroatoms. The van der Waals surface area contributed by atoms with Crippen molar-refractivity contribution in [3.63, 3.8) is 0 Å². The fourth-order valence-electron chi connectivity index (χ4n) is 5.41. The van der Waals surface area contributed by atoms with Gasteiger partial charge < -0.3 is 19.9 Å². The van der Waals surface area contributed by atoms with Crippen LogP contribution in [0.5, 0.6) is 5.75 Å². The largest absolute Gasteiger partial charge is 0.507 e. The molecule has 2 aliphatic heterocycles. The normalized spacial score (nSPS) is 27.1. The summed E-state index contributed by atoms with van der Waals surface area (Å²) in [5.41, 5.74) is 0.806. The molecule has 0 spiro atoms. The highest BCUT2D eigenvalue weighted by molar-refractivity contribution is 5.89. The highest BCUT2D eigenvalue weighted by Crippen LogP contribution is 2.40. The van der Waals surface area contributed by atoms with Gasteiger partial charge in [0, 0.05) is 42.3 Å². The van der Waals surface area contributed by atoms with Gasteiger partial charge >= 0.3 is 0 Å². The summed E-state index contributed by atoms with van der Waals surface area (Å²) in [7, 11) is 1.69. The minimum atomic E-state index is -0.920. The fraction of sp³-hybridized carbons (Fsp3) is 0.458. The first-order valence-corrected chi connectivity index (χ1v) is 11.3. The molecule has 0 radical (unpaired) electrons. The molecule has 1 saturated carbocycles. The Morgan fingerprint density at radius 1 is 1.16 bits per heavy atom. The van der Waals surface area contributed by atoms with E-state index in [0.29, 0.717) is 39.9 Å². The first kappa shape index (κ1) is 19.7.